The van der Waals surface area contributed by atoms with E-state index < -0.39 is 0 Å². The lowest BCUT2D eigenvalue weighted by Gasteiger charge is -2.49. The first-order valence-electron chi connectivity index (χ1n) is 12.3. The number of hydrogen-bond donors (Lipinski definition) is 0. The fourth-order valence-electron chi connectivity index (χ4n) is 5.68. The molecule has 5 nitrogen and oxygen atoms in total. The molecule has 0 spiro atoms. The molecule has 2 atom stereocenters. The second kappa shape index (κ2) is 8.90. The minimum atomic E-state index is -0.104. The first kappa shape index (κ1) is 23.7. The molecule has 1 amide bonds. The van der Waals surface area contributed by atoms with Gasteiger partial charge in [-0.1, -0.05) is 70.2 Å². The van der Waals surface area contributed by atoms with E-state index in [1.165, 1.54) is 21.6 Å². The predicted octanol–water partition coefficient (Wildman–Crippen LogP) is 5.73. The number of fused-ring (bicyclic) bond motifs is 3. The first-order chi connectivity index (χ1) is 16.7. The Morgan fingerprint density at radius 1 is 1.00 bits per heavy atom. The van der Waals surface area contributed by atoms with Crippen LogP contribution in [0.15, 0.2) is 70.5 Å². The minimum Gasteiger partial charge on any atom is -0.315 e. The number of amides is 1. The van der Waals surface area contributed by atoms with Crippen molar-refractivity contribution in [3.8, 4) is 0 Å². The van der Waals surface area contributed by atoms with Gasteiger partial charge >= 0.3 is 0 Å². The molecule has 0 N–H and O–H groups in total. The highest BCUT2D eigenvalue weighted by molar-refractivity contribution is 7.98. The summed E-state index contributed by atoms with van der Waals surface area (Å²) in [7, 11) is 0. The van der Waals surface area contributed by atoms with Gasteiger partial charge in [0.1, 0.15) is 12.4 Å². The molecule has 2 unspecified atom stereocenters. The van der Waals surface area contributed by atoms with Crippen molar-refractivity contribution in [1.82, 2.24) is 9.58 Å². The van der Waals surface area contributed by atoms with Crippen molar-refractivity contribution >= 4 is 17.7 Å². The van der Waals surface area contributed by atoms with E-state index in [-0.39, 0.29) is 28.8 Å². The molecule has 182 valence electrons. The molecular formula is C29H33N3O2S. The van der Waals surface area contributed by atoms with E-state index in [9.17, 15) is 9.59 Å². The summed E-state index contributed by atoms with van der Waals surface area (Å²) in [6, 6.07) is 18.7. The summed E-state index contributed by atoms with van der Waals surface area (Å²) in [5.41, 5.74) is 4.53. The normalized spacial score (nSPS) is 18.4. The fraction of sp³-hybridized carbons (Fsp3) is 0.379. The molecule has 2 aromatic carbocycles. The summed E-state index contributed by atoms with van der Waals surface area (Å²) < 4.78 is 1.94. The Morgan fingerprint density at radius 3 is 2.40 bits per heavy atom. The number of carbonyl (C=O) groups excluding carboxylic acids is 1. The molecule has 3 heterocycles. The van der Waals surface area contributed by atoms with Gasteiger partial charge in [0.15, 0.2) is 5.43 Å². The highest BCUT2D eigenvalue weighted by atomic mass is 32.2. The maximum Gasteiger partial charge on any atom is 0.274 e. The van der Waals surface area contributed by atoms with Crippen LogP contribution in [0, 0.1) is 12.3 Å². The van der Waals surface area contributed by atoms with E-state index in [0.29, 0.717) is 17.9 Å². The first-order valence-corrected chi connectivity index (χ1v) is 13.3. The zero-order valence-corrected chi connectivity index (χ0v) is 21.9. The molecule has 35 heavy (non-hydrogen) atoms. The molecule has 0 aliphatic carbocycles. The number of hydrogen-bond acceptors (Lipinski definition) is 4. The maximum absolute atomic E-state index is 14.0. The Morgan fingerprint density at radius 2 is 1.69 bits per heavy atom. The molecule has 2 aliphatic rings. The van der Waals surface area contributed by atoms with E-state index in [1.54, 1.807) is 19.2 Å². The molecule has 0 bridgehead atoms. The number of benzene rings is 2. The van der Waals surface area contributed by atoms with Gasteiger partial charge in [-0.2, -0.15) is 0 Å². The summed E-state index contributed by atoms with van der Waals surface area (Å²) >= 11 is 1.86. The van der Waals surface area contributed by atoms with Crippen molar-refractivity contribution in [3.63, 3.8) is 0 Å². The number of aromatic nitrogens is 1. The number of carbonyl (C=O) groups is 1. The molecular weight excluding hydrogens is 454 g/mol. The zero-order valence-electron chi connectivity index (χ0n) is 21.1. The van der Waals surface area contributed by atoms with Gasteiger partial charge in [-0.25, -0.2) is 0 Å². The summed E-state index contributed by atoms with van der Waals surface area (Å²) in [5.74, 6) is 0.832. The quantitative estimate of drug-likeness (QED) is 0.473. The Balaban J connectivity index is 1.77. The summed E-state index contributed by atoms with van der Waals surface area (Å²) in [5, 5.41) is 2.28. The monoisotopic (exact) mass is 487 g/mol. The van der Waals surface area contributed by atoms with Crippen LogP contribution in [0.1, 0.15) is 72.9 Å². The Bertz CT molecular complexity index is 1290. The van der Waals surface area contributed by atoms with Gasteiger partial charge < -0.3 is 4.90 Å². The van der Waals surface area contributed by atoms with E-state index in [1.807, 2.05) is 21.3 Å². The lowest BCUT2D eigenvalue weighted by molar-refractivity contribution is 0.0407. The molecule has 0 radical (unpaired) electrons. The Hall–Kier alpha value is -2.99. The van der Waals surface area contributed by atoms with E-state index in [2.05, 4.69) is 81.2 Å². The van der Waals surface area contributed by atoms with Gasteiger partial charge in [0.05, 0.1) is 6.04 Å². The highest BCUT2D eigenvalue weighted by Gasteiger charge is 2.42. The van der Waals surface area contributed by atoms with Gasteiger partial charge in [0.25, 0.3) is 5.91 Å². The summed E-state index contributed by atoms with van der Waals surface area (Å²) in [4.78, 5) is 29.9. The molecule has 0 saturated heterocycles. The second-order valence-corrected chi connectivity index (χ2v) is 11.6. The molecule has 0 saturated carbocycles. The van der Waals surface area contributed by atoms with Crippen LogP contribution < -0.4 is 10.4 Å². The lowest BCUT2D eigenvalue weighted by atomic mass is 9.83. The third-order valence-corrected chi connectivity index (χ3v) is 8.50. The van der Waals surface area contributed by atoms with Crippen LogP contribution in [-0.2, 0) is 5.75 Å². The fourth-order valence-corrected chi connectivity index (χ4v) is 6.78. The molecule has 6 heteroatoms. The van der Waals surface area contributed by atoms with Crippen LogP contribution in [0.2, 0.25) is 0 Å². The van der Waals surface area contributed by atoms with Crippen molar-refractivity contribution < 1.29 is 4.79 Å². The minimum absolute atomic E-state index is 0.0339. The number of rotatable bonds is 3. The maximum atomic E-state index is 14.0. The largest absolute Gasteiger partial charge is 0.315 e. The van der Waals surface area contributed by atoms with Gasteiger partial charge in [0.2, 0.25) is 0 Å². The number of thioether (sulfide) groups is 1. The van der Waals surface area contributed by atoms with E-state index in [4.69, 9.17) is 0 Å². The van der Waals surface area contributed by atoms with Gasteiger partial charge in [0, 0.05) is 34.5 Å². The van der Waals surface area contributed by atoms with Crippen LogP contribution >= 0.6 is 11.8 Å². The SMILES string of the molecule is CCC(N1CN(C2c3ccccc3CSc3ccccc32)n2ccc(=O)c(C)c2C1=O)C(C)(C)C. The highest BCUT2D eigenvalue weighted by Crippen LogP contribution is 2.43. The second-order valence-electron chi connectivity index (χ2n) is 10.6. The predicted molar refractivity (Wildman–Crippen MR) is 143 cm³/mol. The topological polar surface area (TPSA) is 45.5 Å². The standard InChI is InChI=1S/C29H33N3O2S/c1-6-25(29(3,4)5)30-18-32(31-16-15-23(33)19(2)26(31)28(30)34)27-21-12-8-7-11-20(21)17-35-24-14-10-9-13-22(24)27/h7-16,25,27H,6,17-18H2,1-5H3. The third kappa shape index (κ3) is 3.98. The number of pyridine rings is 1. The van der Waals surface area contributed by atoms with Crippen LogP contribution in [0.25, 0.3) is 0 Å². The van der Waals surface area contributed by atoms with Crippen LogP contribution in [0.4, 0.5) is 0 Å². The van der Waals surface area contributed by atoms with Gasteiger partial charge in [-0.15, -0.1) is 11.8 Å². The Labute approximate surface area is 211 Å². The lowest BCUT2D eigenvalue weighted by Crippen LogP contribution is -2.60. The van der Waals surface area contributed by atoms with Gasteiger partial charge in [-0.05, 0) is 41.5 Å². The third-order valence-electron chi connectivity index (χ3n) is 7.37. The molecule has 5 rings (SSSR count). The Kier molecular flexibility index (Phi) is 6.04. The van der Waals surface area contributed by atoms with E-state index >= 15 is 0 Å². The molecule has 2 aliphatic heterocycles. The van der Waals surface area contributed by atoms with Crippen LogP contribution in [0.5, 0.6) is 0 Å². The van der Waals surface area contributed by atoms with Crippen molar-refractivity contribution in [2.24, 2.45) is 5.41 Å². The van der Waals surface area contributed by atoms with Crippen molar-refractivity contribution in [2.45, 2.75) is 63.8 Å². The van der Waals surface area contributed by atoms with Crippen molar-refractivity contribution in [2.75, 3.05) is 11.7 Å². The van der Waals surface area contributed by atoms with Crippen LogP contribution in [0.3, 0.4) is 0 Å². The smallest absolute Gasteiger partial charge is 0.274 e. The van der Waals surface area contributed by atoms with Gasteiger partial charge in [-0.3, -0.25) is 19.3 Å². The van der Waals surface area contributed by atoms with E-state index in [0.717, 1.165) is 12.2 Å². The average Bonchev–Trinajstić information content (AvgIpc) is 2.99. The summed E-state index contributed by atoms with van der Waals surface area (Å²) in [6.45, 7) is 10.9. The molecule has 3 aromatic rings. The summed E-state index contributed by atoms with van der Waals surface area (Å²) in [6.07, 6.45) is 2.62. The van der Waals surface area contributed by atoms with Crippen molar-refractivity contribution in [3.05, 3.63) is 99.0 Å². The zero-order chi connectivity index (χ0) is 24.9. The van der Waals surface area contributed by atoms with Crippen LogP contribution in [-0.4, -0.2) is 28.2 Å². The average molecular weight is 488 g/mol. The molecule has 1 aromatic heterocycles. The van der Waals surface area contributed by atoms with Crippen molar-refractivity contribution in [1.29, 1.82) is 0 Å². The molecule has 0 fully saturated rings. The number of nitrogens with zero attached hydrogens (tertiary/aromatic N) is 3.